The highest BCUT2D eigenvalue weighted by Crippen LogP contribution is 2.38. The number of benzene rings is 4. The molecule has 0 bridgehead atoms. The molecule has 2 heterocycles. The van der Waals surface area contributed by atoms with Crippen LogP contribution in [0.4, 0.5) is 0 Å². The van der Waals surface area contributed by atoms with Gasteiger partial charge in [-0.1, -0.05) is 48.5 Å². The van der Waals surface area contributed by atoms with Gasteiger partial charge in [0, 0.05) is 21.5 Å². The van der Waals surface area contributed by atoms with Crippen molar-refractivity contribution in [3.8, 4) is 11.1 Å². The first-order chi connectivity index (χ1) is 14.2. The summed E-state index contributed by atoms with van der Waals surface area (Å²) in [4.78, 5) is 0. The summed E-state index contributed by atoms with van der Waals surface area (Å²) in [5.74, 6) is 0. The van der Waals surface area contributed by atoms with Gasteiger partial charge in [0.2, 0.25) is 0 Å². The maximum Gasteiger partial charge on any atom is 0.489 e. The van der Waals surface area contributed by atoms with Gasteiger partial charge in [-0.05, 0) is 46.9 Å². The third kappa shape index (κ3) is 2.35. The molecule has 4 nitrogen and oxygen atoms in total. The van der Waals surface area contributed by atoms with Crippen LogP contribution in [-0.2, 0) is 0 Å². The van der Waals surface area contributed by atoms with E-state index in [9.17, 15) is 10.0 Å². The highest BCUT2D eigenvalue weighted by molar-refractivity contribution is 6.62. The van der Waals surface area contributed by atoms with E-state index in [0.29, 0.717) is 16.6 Å². The summed E-state index contributed by atoms with van der Waals surface area (Å²) >= 11 is 0. The zero-order chi connectivity index (χ0) is 19.5. The Morgan fingerprint density at radius 3 is 2.14 bits per heavy atom. The highest BCUT2D eigenvalue weighted by Gasteiger charge is 2.20. The van der Waals surface area contributed by atoms with Crippen molar-refractivity contribution in [3.05, 3.63) is 78.9 Å². The van der Waals surface area contributed by atoms with Crippen molar-refractivity contribution < 1.29 is 18.9 Å². The lowest BCUT2D eigenvalue weighted by molar-refractivity contribution is 0.426. The molecule has 6 aromatic rings. The number of hydrogen-bond acceptors (Lipinski definition) is 4. The van der Waals surface area contributed by atoms with E-state index < -0.39 is 7.12 Å². The van der Waals surface area contributed by atoms with E-state index >= 15 is 0 Å². The van der Waals surface area contributed by atoms with Crippen LogP contribution in [-0.4, -0.2) is 17.2 Å². The quantitative estimate of drug-likeness (QED) is 0.424. The summed E-state index contributed by atoms with van der Waals surface area (Å²) in [5.41, 5.74) is 5.57. The first kappa shape index (κ1) is 16.4. The monoisotopic (exact) mass is 378 g/mol. The minimum atomic E-state index is -1.55. The van der Waals surface area contributed by atoms with Crippen molar-refractivity contribution in [2.45, 2.75) is 0 Å². The molecule has 2 aromatic heterocycles. The number of hydrogen-bond donors (Lipinski definition) is 2. The number of para-hydroxylation sites is 1. The molecule has 0 amide bonds. The van der Waals surface area contributed by atoms with Crippen LogP contribution >= 0.6 is 0 Å². The molecule has 0 fully saturated rings. The van der Waals surface area contributed by atoms with Gasteiger partial charge in [0.05, 0.1) is 0 Å². The second kappa shape index (κ2) is 5.98. The lowest BCUT2D eigenvalue weighted by atomic mass is 9.77. The Hall–Kier alpha value is -3.54. The van der Waals surface area contributed by atoms with Crippen LogP contribution in [0.1, 0.15) is 0 Å². The molecule has 29 heavy (non-hydrogen) atoms. The Balaban J connectivity index is 1.65. The van der Waals surface area contributed by atoms with E-state index in [4.69, 9.17) is 8.83 Å². The van der Waals surface area contributed by atoms with Crippen LogP contribution in [0.25, 0.3) is 55.0 Å². The van der Waals surface area contributed by atoms with Gasteiger partial charge >= 0.3 is 7.12 Å². The van der Waals surface area contributed by atoms with Gasteiger partial charge in [-0.25, -0.2) is 0 Å². The lowest BCUT2D eigenvalue weighted by Gasteiger charge is -2.04. The molecule has 0 atom stereocenters. The smallest absolute Gasteiger partial charge is 0.456 e. The molecule has 0 aliphatic rings. The Kier molecular flexibility index (Phi) is 3.39. The second-order valence-electron chi connectivity index (χ2n) is 7.18. The van der Waals surface area contributed by atoms with Gasteiger partial charge in [0.1, 0.15) is 22.3 Å². The maximum atomic E-state index is 9.73. The molecule has 0 aliphatic heterocycles. The first-order valence-electron chi connectivity index (χ1n) is 9.42. The molecule has 2 N–H and O–H groups in total. The third-order valence-electron chi connectivity index (χ3n) is 5.52. The zero-order valence-electron chi connectivity index (χ0n) is 15.3. The molecule has 0 spiro atoms. The van der Waals surface area contributed by atoms with Crippen molar-refractivity contribution in [1.29, 1.82) is 0 Å². The van der Waals surface area contributed by atoms with Crippen molar-refractivity contribution >= 4 is 56.5 Å². The van der Waals surface area contributed by atoms with Gasteiger partial charge in [0.25, 0.3) is 0 Å². The largest absolute Gasteiger partial charge is 0.489 e. The Morgan fingerprint density at radius 1 is 0.586 bits per heavy atom. The van der Waals surface area contributed by atoms with E-state index in [1.165, 1.54) is 0 Å². The van der Waals surface area contributed by atoms with Crippen molar-refractivity contribution in [3.63, 3.8) is 0 Å². The molecule has 5 heteroatoms. The summed E-state index contributed by atoms with van der Waals surface area (Å²) < 4.78 is 12.1. The molecule has 138 valence electrons. The van der Waals surface area contributed by atoms with Gasteiger partial charge in [-0.15, -0.1) is 0 Å². The highest BCUT2D eigenvalue weighted by atomic mass is 16.4. The normalized spacial score (nSPS) is 11.8. The summed E-state index contributed by atoms with van der Waals surface area (Å²) in [7, 11) is -1.55. The van der Waals surface area contributed by atoms with E-state index in [1.807, 2.05) is 54.6 Å². The first-order valence-corrected chi connectivity index (χ1v) is 9.42. The lowest BCUT2D eigenvalue weighted by Crippen LogP contribution is -2.30. The summed E-state index contributed by atoms with van der Waals surface area (Å²) in [6.45, 7) is 0. The maximum absolute atomic E-state index is 9.73. The Bertz CT molecular complexity index is 1540. The SMILES string of the molecule is OB(O)c1cccc2oc3cc(-c4cccc5oc6ccccc6c45)ccc3c12. The van der Waals surface area contributed by atoms with Gasteiger partial charge < -0.3 is 18.9 Å². The molecule has 0 saturated carbocycles. The average Bonchev–Trinajstić information content (AvgIpc) is 3.30. The minimum Gasteiger partial charge on any atom is -0.456 e. The van der Waals surface area contributed by atoms with Gasteiger partial charge in [-0.3, -0.25) is 0 Å². The van der Waals surface area contributed by atoms with Crippen molar-refractivity contribution in [2.24, 2.45) is 0 Å². The van der Waals surface area contributed by atoms with Crippen LogP contribution in [0.5, 0.6) is 0 Å². The molecule has 0 saturated heterocycles. The summed E-state index contributed by atoms with van der Waals surface area (Å²) in [6, 6.07) is 25.4. The second-order valence-corrected chi connectivity index (χ2v) is 7.18. The van der Waals surface area contributed by atoms with Crippen LogP contribution < -0.4 is 5.46 Å². The molecule has 0 unspecified atom stereocenters. The fraction of sp³-hybridized carbons (Fsp3) is 0. The molecule has 0 radical (unpaired) electrons. The molecule has 6 rings (SSSR count). The predicted molar refractivity (Wildman–Crippen MR) is 116 cm³/mol. The van der Waals surface area contributed by atoms with E-state index in [-0.39, 0.29) is 0 Å². The van der Waals surface area contributed by atoms with E-state index in [1.54, 1.807) is 12.1 Å². The molecular weight excluding hydrogens is 363 g/mol. The summed E-state index contributed by atoms with van der Waals surface area (Å²) in [6.07, 6.45) is 0. The number of furan rings is 2. The number of rotatable bonds is 2. The van der Waals surface area contributed by atoms with Crippen LogP contribution in [0.3, 0.4) is 0 Å². The Labute approximate surface area is 165 Å². The van der Waals surface area contributed by atoms with E-state index in [0.717, 1.165) is 43.8 Å². The van der Waals surface area contributed by atoms with Crippen molar-refractivity contribution in [2.75, 3.05) is 0 Å². The fourth-order valence-corrected chi connectivity index (χ4v) is 4.25. The van der Waals surface area contributed by atoms with Crippen molar-refractivity contribution in [1.82, 2.24) is 0 Å². The van der Waals surface area contributed by atoms with Crippen LogP contribution in [0.15, 0.2) is 87.7 Å². The standard InChI is InChI=1S/C24H15BO4/c26-25(27)18-7-4-10-21-24(18)17-12-11-14(13-22(17)29-21)15-6-3-9-20-23(15)16-5-1-2-8-19(16)28-20/h1-13,26-27H. The Morgan fingerprint density at radius 2 is 1.28 bits per heavy atom. The van der Waals surface area contributed by atoms with Crippen LogP contribution in [0, 0.1) is 0 Å². The van der Waals surface area contributed by atoms with Gasteiger partial charge in [-0.2, -0.15) is 0 Å². The topological polar surface area (TPSA) is 66.7 Å². The average molecular weight is 378 g/mol. The van der Waals surface area contributed by atoms with Gasteiger partial charge in [0.15, 0.2) is 0 Å². The molecule has 0 aliphatic carbocycles. The van der Waals surface area contributed by atoms with Crippen LogP contribution in [0.2, 0.25) is 0 Å². The minimum absolute atomic E-state index is 0.442. The summed E-state index contributed by atoms with van der Waals surface area (Å²) in [5, 5.41) is 23.2. The molecule has 4 aromatic carbocycles. The zero-order valence-corrected chi connectivity index (χ0v) is 15.3. The number of fused-ring (bicyclic) bond motifs is 6. The fourth-order valence-electron chi connectivity index (χ4n) is 4.25. The predicted octanol–water partition coefficient (Wildman–Crippen LogP) is 4.83. The van der Waals surface area contributed by atoms with E-state index in [2.05, 4.69) is 12.1 Å². The molecular formula is C24H15BO4. The third-order valence-corrected chi connectivity index (χ3v) is 5.52.